The minimum absolute atomic E-state index is 0.155. The fraction of sp³-hybridized carbons (Fsp3) is 0.900. The number of hydrogen-bond acceptors (Lipinski definition) is 1. The molecule has 0 unspecified atom stereocenters. The minimum Gasteiger partial charge on any atom is -0.281 e. The summed E-state index contributed by atoms with van der Waals surface area (Å²) in [4.78, 5) is 11.1. The van der Waals surface area contributed by atoms with Crippen molar-refractivity contribution in [2.45, 2.75) is 46.5 Å². The van der Waals surface area contributed by atoms with Crippen molar-refractivity contribution in [2.75, 3.05) is 0 Å². The summed E-state index contributed by atoms with van der Waals surface area (Å²) in [6.45, 7) is 6.49. The summed E-state index contributed by atoms with van der Waals surface area (Å²) in [5.74, 6) is 0. The van der Waals surface area contributed by atoms with Crippen LogP contribution in [0.5, 0.6) is 0 Å². The van der Waals surface area contributed by atoms with E-state index >= 15 is 0 Å². The van der Waals surface area contributed by atoms with E-state index in [1.54, 1.807) is 0 Å². The zero-order valence-electron chi connectivity index (χ0n) is 8.11. The molecule has 0 aliphatic heterocycles. The Kier molecular flexibility index (Phi) is 2.53. The van der Waals surface area contributed by atoms with Gasteiger partial charge in [-0.15, -0.1) is 0 Å². The summed E-state index contributed by atoms with van der Waals surface area (Å²) < 4.78 is 0. The molecule has 0 aromatic rings. The van der Waals surface area contributed by atoms with Gasteiger partial charge >= 0.3 is 0 Å². The molecule has 0 amide bonds. The Labute approximate surface area is 79.5 Å². The first-order valence-electron chi connectivity index (χ1n) is 4.56. The van der Waals surface area contributed by atoms with Crippen molar-refractivity contribution in [3.63, 3.8) is 0 Å². The molecule has 0 N–H and O–H groups in total. The Morgan fingerprint density at radius 2 is 1.50 bits per heavy atom. The van der Waals surface area contributed by atoms with E-state index in [0.717, 1.165) is 25.7 Å². The molecule has 70 valence electrons. The lowest BCUT2D eigenvalue weighted by Gasteiger charge is -2.38. The summed E-state index contributed by atoms with van der Waals surface area (Å²) in [6, 6.07) is 0. The van der Waals surface area contributed by atoms with Gasteiger partial charge in [0, 0.05) is 5.41 Å². The highest BCUT2D eigenvalue weighted by atomic mass is 35.5. The van der Waals surface area contributed by atoms with E-state index in [2.05, 4.69) is 13.8 Å². The lowest BCUT2D eigenvalue weighted by molar-refractivity contribution is -0.122. The molecule has 0 bridgehead atoms. The summed E-state index contributed by atoms with van der Waals surface area (Å²) >= 11 is 5.55. The number of carbonyl (C=O) groups excluding carboxylic acids is 1. The highest BCUT2D eigenvalue weighted by Gasteiger charge is 2.38. The molecule has 12 heavy (non-hydrogen) atoms. The third kappa shape index (κ3) is 2.01. The molecule has 0 radical (unpaired) electrons. The van der Waals surface area contributed by atoms with Gasteiger partial charge in [-0.2, -0.15) is 0 Å². The third-order valence-corrected chi connectivity index (χ3v) is 3.64. The van der Waals surface area contributed by atoms with Gasteiger partial charge in [0.05, 0.1) is 0 Å². The number of rotatable bonds is 1. The Bertz CT molecular complexity index is 186. The predicted octanol–water partition coefficient (Wildman–Crippen LogP) is 3.36. The fourth-order valence-corrected chi connectivity index (χ4v) is 1.86. The van der Waals surface area contributed by atoms with Crippen LogP contribution in [0.2, 0.25) is 0 Å². The minimum atomic E-state index is -0.239. The third-order valence-electron chi connectivity index (χ3n) is 3.18. The van der Waals surface area contributed by atoms with Gasteiger partial charge in [-0.05, 0) is 42.7 Å². The van der Waals surface area contributed by atoms with Crippen molar-refractivity contribution in [1.82, 2.24) is 0 Å². The normalized spacial score (nSPS) is 26.7. The molecular weight excluding hydrogens is 172 g/mol. The van der Waals surface area contributed by atoms with Crippen molar-refractivity contribution >= 4 is 16.8 Å². The molecule has 0 aromatic carbocycles. The Morgan fingerprint density at radius 3 is 1.83 bits per heavy atom. The number of halogens is 1. The molecule has 1 rings (SSSR count). The van der Waals surface area contributed by atoms with Crippen LogP contribution in [-0.2, 0) is 4.79 Å². The van der Waals surface area contributed by atoms with Gasteiger partial charge in [0.1, 0.15) is 0 Å². The fourth-order valence-electron chi connectivity index (χ4n) is 1.68. The first-order valence-corrected chi connectivity index (χ1v) is 4.94. The summed E-state index contributed by atoms with van der Waals surface area (Å²) in [5, 5.41) is -0.155. The van der Waals surface area contributed by atoms with E-state index in [9.17, 15) is 4.79 Å². The standard InChI is InChI=1S/C10H17ClO/c1-9(2)4-6-10(3,7-5-9)8(11)12/h4-7H2,1-3H3. The van der Waals surface area contributed by atoms with E-state index in [4.69, 9.17) is 11.6 Å². The van der Waals surface area contributed by atoms with Gasteiger partial charge in [0.2, 0.25) is 5.24 Å². The van der Waals surface area contributed by atoms with Crippen molar-refractivity contribution in [1.29, 1.82) is 0 Å². The highest BCUT2D eigenvalue weighted by molar-refractivity contribution is 6.64. The first kappa shape index (κ1) is 10.0. The van der Waals surface area contributed by atoms with Crippen molar-refractivity contribution in [2.24, 2.45) is 10.8 Å². The average molecular weight is 189 g/mol. The summed E-state index contributed by atoms with van der Waals surface area (Å²) in [6.07, 6.45) is 4.12. The second-order valence-corrected chi connectivity index (χ2v) is 5.34. The van der Waals surface area contributed by atoms with Gasteiger partial charge in [-0.3, -0.25) is 4.79 Å². The molecule has 1 aliphatic rings. The average Bonchev–Trinajstić information content (AvgIpc) is 1.96. The molecule has 0 aromatic heterocycles. The maximum Gasteiger partial charge on any atom is 0.227 e. The van der Waals surface area contributed by atoms with E-state index < -0.39 is 0 Å². The molecule has 0 spiro atoms. The molecule has 1 aliphatic carbocycles. The van der Waals surface area contributed by atoms with Crippen molar-refractivity contribution < 1.29 is 4.79 Å². The molecule has 2 heteroatoms. The van der Waals surface area contributed by atoms with Gasteiger partial charge in [0.15, 0.2) is 0 Å². The monoisotopic (exact) mass is 188 g/mol. The van der Waals surface area contributed by atoms with Crippen LogP contribution in [0.15, 0.2) is 0 Å². The second kappa shape index (κ2) is 3.02. The van der Waals surface area contributed by atoms with E-state index in [1.165, 1.54) is 0 Å². The smallest absolute Gasteiger partial charge is 0.227 e. The lowest BCUT2D eigenvalue weighted by Crippen LogP contribution is -2.32. The summed E-state index contributed by atoms with van der Waals surface area (Å²) in [7, 11) is 0. The van der Waals surface area contributed by atoms with Crippen LogP contribution in [0.3, 0.4) is 0 Å². The van der Waals surface area contributed by atoms with Crippen LogP contribution < -0.4 is 0 Å². The van der Waals surface area contributed by atoms with Gasteiger partial charge in [-0.1, -0.05) is 20.8 Å². The molecule has 0 heterocycles. The van der Waals surface area contributed by atoms with Crippen LogP contribution in [0.25, 0.3) is 0 Å². The zero-order valence-corrected chi connectivity index (χ0v) is 8.87. The Morgan fingerprint density at radius 1 is 1.08 bits per heavy atom. The predicted molar refractivity (Wildman–Crippen MR) is 51.2 cm³/mol. The second-order valence-electron chi connectivity index (χ2n) is 5.00. The Balaban J connectivity index is 2.62. The van der Waals surface area contributed by atoms with Crippen LogP contribution in [0, 0.1) is 10.8 Å². The number of carbonyl (C=O) groups is 1. The number of hydrogen-bond donors (Lipinski definition) is 0. The van der Waals surface area contributed by atoms with Crippen LogP contribution >= 0.6 is 11.6 Å². The molecule has 0 saturated heterocycles. The van der Waals surface area contributed by atoms with E-state index in [0.29, 0.717) is 5.41 Å². The molecular formula is C10H17ClO. The van der Waals surface area contributed by atoms with Crippen molar-refractivity contribution in [3.05, 3.63) is 0 Å². The SMILES string of the molecule is CC1(C)CCC(C)(C(=O)Cl)CC1. The van der Waals surface area contributed by atoms with Gasteiger partial charge in [0.25, 0.3) is 0 Å². The van der Waals surface area contributed by atoms with Crippen LogP contribution in [0.4, 0.5) is 0 Å². The largest absolute Gasteiger partial charge is 0.281 e. The first-order chi connectivity index (χ1) is 5.36. The Hall–Kier alpha value is -0.0400. The molecule has 0 atom stereocenters. The molecule has 1 fully saturated rings. The maximum absolute atomic E-state index is 11.1. The topological polar surface area (TPSA) is 17.1 Å². The van der Waals surface area contributed by atoms with E-state index in [1.807, 2.05) is 6.92 Å². The van der Waals surface area contributed by atoms with Crippen molar-refractivity contribution in [3.8, 4) is 0 Å². The highest BCUT2D eigenvalue weighted by Crippen LogP contribution is 2.45. The maximum atomic E-state index is 11.1. The molecule has 1 nitrogen and oxygen atoms in total. The van der Waals surface area contributed by atoms with Gasteiger partial charge in [-0.25, -0.2) is 0 Å². The zero-order chi connectivity index (χ0) is 9.41. The summed E-state index contributed by atoms with van der Waals surface area (Å²) in [5.41, 5.74) is 0.170. The van der Waals surface area contributed by atoms with Gasteiger partial charge < -0.3 is 0 Å². The lowest BCUT2D eigenvalue weighted by atomic mass is 9.66. The molecule has 1 saturated carbocycles. The quantitative estimate of drug-likeness (QED) is 0.577. The van der Waals surface area contributed by atoms with Crippen LogP contribution in [0.1, 0.15) is 46.5 Å². The van der Waals surface area contributed by atoms with Crippen LogP contribution in [-0.4, -0.2) is 5.24 Å². The van der Waals surface area contributed by atoms with E-state index in [-0.39, 0.29) is 10.7 Å².